The largest absolute Gasteiger partial charge is 0.416 e. The summed E-state index contributed by atoms with van der Waals surface area (Å²) in [7, 11) is 0. The third kappa shape index (κ3) is 7.86. The lowest BCUT2D eigenvalue weighted by atomic mass is 9.98. The van der Waals surface area contributed by atoms with Crippen molar-refractivity contribution in [3.05, 3.63) is 117 Å². The Morgan fingerprint density at radius 2 is 1.79 bits per heavy atom. The number of hydrogen-bond acceptors (Lipinski definition) is 6. The summed E-state index contributed by atoms with van der Waals surface area (Å²) >= 11 is -0.0845. The van der Waals surface area contributed by atoms with E-state index in [0.29, 0.717) is 11.4 Å². The molecule has 0 aliphatic rings. The van der Waals surface area contributed by atoms with Gasteiger partial charge in [0.2, 0.25) is 23.1 Å². The normalized spacial score (nSPS) is 10.6. The molecule has 0 saturated heterocycles. The Morgan fingerprint density at radius 1 is 1.10 bits per heavy atom. The van der Waals surface area contributed by atoms with Crippen LogP contribution >= 0.6 is 0 Å². The molecule has 4 aromatic rings. The number of aryl methyl sites for hydroxylation is 2. The number of alkyl halides is 3. The van der Waals surface area contributed by atoms with E-state index in [-0.39, 0.29) is 34.7 Å². The highest BCUT2D eigenvalue weighted by atomic mass is 32.1. The third-order valence-electron chi connectivity index (χ3n) is 6.28. The Labute approximate surface area is 243 Å². The maximum absolute atomic E-state index is 13.6. The van der Waals surface area contributed by atoms with Gasteiger partial charge in [-0.1, -0.05) is 47.7 Å². The highest BCUT2D eigenvalue weighted by molar-refractivity contribution is 7.54. The first-order chi connectivity index (χ1) is 20.0. The minimum absolute atomic E-state index is 0.0209. The van der Waals surface area contributed by atoms with E-state index in [4.69, 9.17) is 9.47 Å². The smallest absolute Gasteiger partial charge is 0.348 e. The Bertz CT molecular complexity index is 1740. The predicted octanol–water partition coefficient (Wildman–Crippen LogP) is 5.89. The molecule has 1 N–H and O–H groups in total. The van der Waals surface area contributed by atoms with E-state index >= 15 is 0 Å². The summed E-state index contributed by atoms with van der Waals surface area (Å²) in [5.74, 6) is -0.618. The van der Waals surface area contributed by atoms with Crippen LogP contribution in [0.1, 0.15) is 45.2 Å². The molecule has 0 radical (unpaired) electrons. The molecule has 2 heterocycles. The van der Waals surface area contributed by atoms with Gasteiger partial charge in [0.05, 0.1) is 17.4 Å². The Morgan fingerprint density at radius 3 is 2.36 bits per heavy atom. The molecular formula is C30H26F3N5O3S. The molecule has 0 aliphatic heterocycles. The standard InChI is InChI=1S/C29H26F3N3O2.CN2OS/c1-4-20-8-10-21(11-9-20)15-34-28(37)25-17-35(24-12-18(2)14-33-16-24)19(3)26(27(25)36)22-6-5-7-23(13-22)29(30,31)32;2-1-3-5-4/h5-14,16-17H,4,15H2,1-3H3,(H,34,37);. The van der Waals surface area contributed by atoms with Gasteiger partial charge in [0.15, 0.2) is 0 Å². The van der Waals surface area contributed by atoms with Crippen molar-refractivity contribution in [1.29, 1.82) is 5.26 Å². The van der Waals surface area contributed by atoms with Crippen LogP contribution in [0.25, 0.3) is 16.8 Å². The predicted molar refractivity (Wildman–Crippen MR) is 153 cm³/mol. The zero-order valence-corrected chi connectivity index (χ0v) is 23.7. The van der Waals surface area contributed by atoms with Gasteiger partial charge in [-0.3, -0.25) is 14.6 Å². The van der Waals surface area contributed by atoms with Crippen LogP contribution in [-0.4, -0.2) is 19.7 Å². The van der Waals surface area contributed by atoms with Crippen LogP contribution in [0.3, 0.4) is 0 Å². The number of aromatic nitrogens is 2. The summed E-state index contributed by atoms with van der Waals surface area (Å²) in [6, 6.07) is 14.1. The molecule has 0 saturated carbocycles. The molecule has 12 heteroatoms. The second-order valence-corrected chi connectivity index (χ2v) is 9.45. The van der Waals surface area contributed by atoms with E-state index in [1.165, 1.54) is 24.5 Å². The van der Waals surface area contributed by atoms with Crippen LogP contribution in [0.15, 0.2) is 82.3 Å². The minimum atomic E-state index is -4.58. The second kappa shape index (κ2) is 14.1. The second-order valence-electron chi connectivity index (χ2n) is 9.12. The number of nitriles is 1. The molecule has 42 heavy (non-hydrogen) atoms. The fourth-order valence-corrected chi connectivity index (χ4v) is 4.22. The number of hydrogen-bond donors (Lipinski definition) is 1. The number of pyridine rings is 2. The van der Waals surface area contributed by atoms with Gasteiger partial charge in [-0.25, -0.2) is 0 Å². The Kier molecular flexibility index (Phi) is 10.6. The molecule has 216 valence electrons. The molecule has 0 unspecified atom stereocenters. The van der Waals surface area contributed by atoms with Crippen LogP contribution in [0.5, 0.6) is 0 Å². The van der Waals surface area contributed by atoms with Gasteiger partial charge < -0.3 is 9.88 Å². The fourth-order valence-electron chi connectivity index (χ4n) is 4.18. The monoisotopic (exact) mass is 593 g/mol. The summed E-state index contributed by atoms with van der Waals surface area (Å²) in [4.78, 5) is 31.0. The van der Waals surface area contributed by atoms with Gasteiger partial charge in [-0.05, 0) is 60.7 Å². The molecule has 0 bridgehead atoms. The van der Waals surface area contributed by atoms with Crippen LogP contribution in [0, 0.1) is 25.3 Å². The highest BCUT2D eigenvalue weighted by Crippen LogP contribution is 2.32. The van der Waals surface area contributed by atoms with Crippen molar-refractivity contribution in [2.45, 2.75) is 39.9 Å². The van der Waals surface area contributed by atoms with Gasteiger partial charge in [0.25, 0.3) is 5.91 Å². The zero-order chi connectivity index (χ0) is 30.9. The lowest BCUT2D eigenvalue weighted by molar-refractivity contribution is -0.137. The van der Waals surface area contributed by atoms with Crippen LogP contribution < -0.4 is 10.7 Å². The van der Waals surface area contributed by atoms with E-state index in [1.807, 2.05) is 44.2 Å². The number of halogens is 3. The molecular weight excluding hydrogens is 567 g/mol. The van der Waals surface area contributed by atoms with Crippen molar-refractivity contribution in [3.63, 3.8) is 0 Å². The van der Waals surface area contributed by atoms with Gasteiger partial charge in [0, 0.05) is 30.2 Å². The molecule has 4 rings (SSSR count). The summed E-state index contributed by atoms with van der Waals surface area (Å²) in [6.07, 6.45) is 2.25. The molecule has 1 amide bonds. The SMILES string of the molecule is CCc1ccc(CNC(=O)c2cn(-c3cncc(C)c3)c(C)c(-c3cccc(C(F)(F)F)c3)c2=O)cc1.N#CN=S=O. The van der Waals surface area contributed by atoms with Crippen molar-refractivity contribution in [2.75, 3.05) is 0 Å². The lowest BCUT2D eigenvalue weighted by Gasteiger charge is -2.18. The molecule has 0 aliphatic carbocycles. The number of nitrogens with one attached hydrogen (secondary N) is 1. The summed E-state index contributed by atoms with van der Waals surface area (Å²) in [5.41, 5.74) is 2.24. The minimum Gasteiger partial charge on any atom is -0.348 e. The summed E-state index contributed by atoms with van der Waals surface area (Å²) in [6.45, 7) is 5.72. The number of carbonyl (C=O) groups is 1. The van der Waals surface area contributed by atoms with E-state index in [9.17, 15) is 22.8 Å². The van der Waals surface area contributed by atoms with Gasteiger partial charge in [-0.2, -0.15) is 22.6 Å². The van der Waals surface area contributed by atoms with Crippen LogP contribution in [0.2, 0.25) is 0 Å². The maximum Gasteiger partial charge on any atom is 0.416 e. The number of rotatable bonds is 6. The number of amides is 1. The van der Waals surface area contributed by atoms with E-state index in [0.717, 1.165) is 35.2 Å². The molecule has 0 atom stereocenters. The van der Waals surface area contributed by atoms with Crippen molar-refractivity contribution >= 4 is 17.4 Å². The Hall–Kier alpha value is -4.89. The average Bonchev–Trinajstić information content (AvgIpc) is 2.97. The molecule has 0 spiro atoms. The van der Waals surface area contributed by atoms with Crippen molar-refractivity contribution in [1.82, 2.24) is 14.9 Å². The first-order valence-corrected chi connectivity index (χ1v) is 13.3. The van der Waals surface area contributed by atoms with E-state index in [1.54, 1.807) is 23.9 Å². The quantitative estimate of drug-likeness (QED) is 0.280. The number of nitrogens with zero attached hydrogens (tertiary/aromatic N) is 4. The summed E-state index contributed by atoms with van der Waals surface area (Å²) in [5, 5.41) is 10.2. The highest BCUT2D eigenvalue weighted by Gasteiger charge is 2.31. The van der Waals surface area contributed by atoms with E-state index in [2.05, 4.69) is 14.7 Å². The zero-order valence-electron chi connectivity index (χ0n) is 22.9. The van der Waals surface area contributed by atoms with Crippen LogP contribution in [0.4, 0.5) is 13.2 Å². The third-order valence-corrected chi connectivity index (χ3v) is 6.43. The fraction of sp³-hybridized carbons (Fsp3) is 0.200. The molecule has 8 nitrogen and oxygen atoms in total. The van der Waals surface area contributed by atoms with Crippen molar-refractivity contribution in [3.8, 4) is 23.0 Å². The average molecular weight is 594 g/mol. The van der Waals surface area contributed by atoms with Gasteiger partial charge in [-0.15, -0.1) is 0 Å². The maximum atomic E-state index is 13.6. The van der Waals surface area contributed by atoms with Crippen LogP contribution in [-0.2, 0) is 30.6 Å². The Balaban J connectivity index is 0.000000892. The van der Waals surface area contributed by atoms with Crippen molar-refractivity contribution in [2.24, 2.45) is 4.36 Å². The van der Waals surface area contributed by atoms with Crippen molar-refractivity contribution < 1.29 is 22.2 Å². The van der Waals surface area contributed by atoms with Gasteiger partial charge in [0.1, 0.15) is 5.56 Å². The number of carbonyl (C=O) groups excluding carboxylic acids is 1. The first kappa shape index (κ1) is 31.6. The topological polar surface area (TPSA) is 117 Å². The molecule has 2 aromatic heterocycles. The lowest BCUT2D eigenvalue weighted by Crippen LogP contribution is -2.30. The summed E-state index contributed by atoms with van der Waals surface area (Å²) < 4.78 is 53.6. The van der Waals surface area contributed by atoms with E-state index < -0.39 is 23.1 Å². The van der Waals surface area contributed by atoms with Gasteiger partial charge >= 0.3 is 6.18 Å². The number of benzene rings is 2. The molecule has 2 aromatic carbocycles. The first-order valence-electron chi connectivity index (χ1n) is 12.6. The molecule has 0 fully saturated rings.